The minimum atomic E-state index is -4.35. The zero-order valence-corrected chi connectivity index (χ0v) is 19.1. The van der Waals surface area contributed by atoms with Gasteiger partial charge in [0.15, 0.2) is 5.54 Å². The van der Waals surface area contributed by atoms with Crippen LogP contribution in [0.3, 0.4) is 0 Å². The molecule has 0 fully saturated rings. The van der Waals surface area contributed by atoms with Gasteiger partial charge in [-0.25, -0.2) is 9.78 Å². The van der Waals surface area contributed by atoms with Crippen molar-refractivity contribution in [1.82, 2.24) is 19.2 Å². The molecule has 35 heavy (non-hydrogen) atoms. The molecule has 0 radical (unpaired) electrons. The monoisotopic (exact) mass is 484 g/mol. The third-order valence-electron chi connectivity index (χ3n) is 5.84. The fourth-order valence-corrected chi connectivity index (χ4v) is 3.69. The minimum Gasteiger partial charge on any atom is -0.479 e. The van der Waals surface area contributed by atoms with Crippen molar-refractivity contribution in [2.75, 3.05) is 0 Å². The molecule has 0 aliphatic rings. The summed E-state index contributed by atoms with van der Waals surface area (Å²) in [6.07, 6.45) is 0.705. The van der Waals surface area contributed by atoms with Gasteiger partial charge in [-0.05, 0) is 43.2 Å². The molecule has 0 saturated carbocycles. The summed E-state index contributed by atoms with van der Waals surface area (Å²) in [4.78, 5) is 27.9. The molecule has 182 valence electrons. The lowest BCUT2D eigenvalue weighted by Crippen LogP contribution is -2.35. The fraction of sp³-hybridized carbons (Fsp3) is 0.280. The Morgan fingerprint density at radius 3 is 2.51 bits per heavy atom. The summed E-state index contributed by atoms with van der Waals surface area (Å²) in [7, 11) is 0. The number of fused-ring (bicyclic) bond motifs is 1. The predicted molar refractivity (Wildman–Crippen MR) is 123 cm³/mol. The summed E-state index contributed by atoms with van der Waals surface area (Å²) in [6.45, 7) is 3.13. The molecule has 4 aromatic rings. The zero-order chi connectivity index (χ0) is 25.4. The number of Topliss-reactive ketones (excluding diaryl/α,β-unsaturated/α-hetero) is 1. The number of carbonyl (C=O) groups is 2. The highest BCUT2D eigenvalue weighted by molar-refractivity contribution is 5.81. The Morgan fingerprint density at radius 1 is 1.03 bits per heavy atom. The van der Waals surface area contributed by atoms with E-state index in [4.69, 9.17) is 0 Å². The molecule has 7 nitrogen and oxygen atoms in total. The lowest BCUT2D eigenvalue weighted by molar-refractivity contribution is -0.146. The van der Waals surface area contributed by atoms with E-state index in [1.54, 1.807) is 50.6 Å². The Hall–Kier alpha value is -3.95. The van der Waals surface area contributed by atoms with Crippen LogP contribution in [0.25, 0.3) is 28.0 Å². The van der Waals surface area contributed by atoms with Crippen LogP contribution in [0.4, 0.5) is 13.2 Å². The summed E-state index contributed by atoms with van der Waals surface area (Å²) in [5.74, 6) is -1.46. The van der Waals surface area contributed by atoms with E-state index in [2.05, 4.69) is 10.1 Å². The number of hydrogen-bond acceptors (Lipinski definition) is 4. The normalized spacial score (nSPS) is 12.3. The molecule has 0 aliphatic carbocycles. The number of alkyl halides is 3. The molecule has 0 bridgehead atoms. The van der Waals surface area contributed by atoms with Crippen molar-refractivity contribution in [2.24, 2.45) is 0 Å². The van der Waals surface area contributed by atoms with Gasteiger partial charge in [0.05, 0.1) is 24.5 Å². The van der Waals surface area contributed by atoms with Crippen molar-refractivity contribution in [3.63, 3.8) is 0 Å². The van der Waals surface area contributed by atoms with Crippen LogP contribution in [-0.4, -0.2) is 42.2 Å². The summed E-state index contributed by atoms with van der Waals surface area (Å²) >= 11 is 0. The Morgan fingerprint density at radius 2 is 1.80 bits per heavy atom. The van der Waals surface area contributed by atoms with Crippen LogP contribution < -0.4 is 0 Å². The molecule has 0 unspecified atom stereocenters. The lowest BCUT2D eigenvalue weighted by Gasteiger charge is -2.19. The van der Waals surface area contributed by atoms with Crippen LogP contribution in [0.1, 0.15) is 32.3 Å². The van der Waals surface area contributed by atoms with E-state index in [1.165, 1.54) is 4.68 Å². The Bertz CT molecular complexity index is 1400. The van der Waals surface area contributed by atoms with Gasteiger partial charge >= 0.3 is 12.1 Å². The summed E-state index contributed by atoms with van der Waals surface area (Å²) < 4.78 is 40.4. The van der Waals surface area contributed by atoms with Crippen LogP contribution in [0.2, 0.25) is 0 Å². The van der Waals surface area contributed by atoms with Crippen LogP contribution >= 0.6 is 0 Å². The second-order valence-corrected chi connectivity index (χ2v) is 8.86. The molecule has 0 spiro atoms. The third-order valence-corrected chi connectivity index (χ3v) is 5.84. The van der Waals surface area contributed by atoms with Crippen molar-refractivity contribution in [2.45, 2.75) is 44.8 Å². The van der Waals surface area contributed by atoms with Crippen molar-refractivity contribution in [3.8, 4) is 22.4 Å². The number of carboxylic acids is 1. The first-order chi connectivity index (χ1) is 16.4. The minimum absolute atomic E-state index is 0.0680. The number of imidazole rings is 1. The maximum Gasteiger partial charge on any atom is 0.389 e. The largest absolute Gasteiger partial charge is 0.479 e. The van der Waals surface area contributed by atoms with Gasteiger partial charge in [0.2, 0.25) is 0 Å². The van der Waals surface area contributed by atoms with E-state index < -0.39 is 36.3 Å². The number of aromatic nitrogens is 4. The van der Waals surface area contributed by atoms with Crippen LogP contribution in [0, 0.1) is 0 Å². The molecule has 1 aromatic carbocycles. The number of benzene rings is 1. The number of hydrogen-bond donors (Lipinski definition) is 1. The number of nitrogens with zero attached hydrogens (tertiary/aromatic N) is 4. The quantitative estimate of drug-likeness (QED) is 0.374. The van der Waals surface area contributed by atoms with Crippen molar-refractivity contribution >= 4 is 17.4 Å². The van der Waals surface area contributed by atoms with Crippen LogP contribution in [0.15, 0.2) is 61.2 Å². The van der Waals surface area contributed by atoms with E-state index in [0.29, 0.717) is 11.2 Å². The summed E-state index contributed by atoms with van der Waals surface area (Å²) in [6, 6.07) is 10.8. The fourth-order valence-electron chi connectivity index (χ4n) is 3.69. The van der Waals surface area contributed by atoms with E-state index >= 15 is 0 Å². The second kappa shape index (κ2) is 9.01. The number of rotatable bonds is 8. The number of carbonyl (C=O) groups excluding carboxylic acids is 1. The maximum atomic E-state index is 12.4. The Labute approximate surface area is 198 Å². The second-order valence-electron chi connectivity index (χ2n) is 8.86. The van der Waals surface area contributed by atoms with E-state index in [0.717, 1.165) is 22.4 Å². The summed E-state index contributed by atoms with van der Waals surface area (Å²) in [5, 5.41) is 13.6. The number of ketones is 1. The molecule has 4 rings (SSSR count). The van der Waals surface area contributed by atoms with E-state index in [9.17, 15) is 27.9 Å². The molecule has 3 aromatic heterocycles. The topological polar surface area (TPSA) is 89.5 Å². The number of carboxylic acid groups (broad SMARTS) is 1. The number of pyridine rings is 1. The highest BCUT2D eigenvalue weighted by atomic mass is 19.4. The summed E-state index contributed by atoms with van der Waals surface area (Å²) in [5.41, 5.74) is 3.18. The van der Waals surface area contributed by atoms with Crippen LogP contribution in [0.5, 0.6) is 0 Å². The molecule has 3 heterocycles. The van der Waals surface area contributed by atoms with Crippen molar-refractivity contribution in [3.05, 3.63) is 66.7 Å². The highest BCUT2D eigenvalue weighted by Crippen LogP contribution is 2.27. The standard InChI is InChI=1S/C25H23F3N4O3/c1-24(2,23(34)35)32-15-19(13-30-32)17-7-9-31-21(14-29-22(31)12-17)18-5-3-4-16(10-18)11-20(33)6-8-25(26,27)28/h3-5,7,9-10,12-15H,6,8,11H2,1-2H3,(H,34,35). The first-order valence-corrected chi connectivity index (χ1v) is 10.9. The van der Waals surface area contributed by atoms with Gasteiger partial charge < -0.3 is 5.11 Å². The molecule has 0 atom stereocenters. The highest BCUT2D eigenvalue weighted by Gasteiger charge is 2.30. The molecule has 1 N–H and O–H groups in total. The maximum absolute atomic E-state index is 12.4. The first kappa shape index (κ1) is 24.2. The van der Waals surface area contributed by atoms with Gasteiger partial charge in [-0.15, -0.1) is 0 Å². The van der Waals surface area contributed by atoms with Gasteiger partial charge in [-0.3, -0.25) is 13.9 Å². The van der Waals surface area contributed by atoms with Crippen molar-refractivity contribution < 1.29 is 27.9 Å². The zero-order valence-electron chi connectivity index (χ0n) is 19.1. The average molecular weight is 484 g/mol. The Balaban J connectivity index is 1.57. The molecular weight excluding hydrogens is 461 g/mol. The predicted octanol–water partition coefficient (Wildman–Crippen LogP) is 5.14. The van der Waals surface area contributed by atoms with Gasteiger partial charge in [-0.1, -0.05) is 18.2 Å². The lowest BCUT2D eigenvalue weighted by atomic mass is 10.0. The van der Waals surface area contributed by atoms with Gasteiger partial charge in [-0.2, -0.15) is 18.3 Å². The molecule has 0 saturated heterocycles. The Kier molecular flexibility index (Phi) is 6.23. The SMILES string of the molecule is CC(C)(C(=O)O)n1cc(-c2ccn3c(-c4cccc(CC(=O)CCC(F)(F)F)c4)cnc3c2)cn1. The van der Waals surface area contributed by atoms with E-state index in [-0.39, 0.29) is 6.42 Å². The molecule has 10 heteroatoms. The van der Waals surface area contributed by atoms with Crippen molar-refractivity contribution in [1.29, 1.82) is 0 Å². The van der Waals surface area contributed by atoms with E-state index in [1.807, 2.05) is 28.8 Å². The van der Waals surface area contributed by atoms with Gasteiger partial charge in [0, 0.05) is 36.4 Å². The number of halogens is 3. The smallest absolute Gasteiger partial charge is 0.389 e. The average Bonchev–Trinajstić information content (AvgIpc) is 3.45. The van der Waals surface area contributed by atoms with Gasteiger partial charge in [0.1, 0.15) is 11.4 Å². The van der Waals surface area contributed by atoms with Crippen LogP contribution in [-0.2, 0) is 21.5 Å². The molecule has 0 aliphatic heterocycles. The first-order valence-electron chi connectivity index (χ1n) is 10.9. The molecule has 0 amide bonds. The third kappa shape index (κ3) is 5.26. The van der Waals surface area contributed by atoms with Gasteiger partial charge in [0.25, 0.3) is 0 Å². The number of aliphatic carboxylic acids is 1. The molecular formula is C25H23F3N4O3.